The first-order valence-corrected chi connectivity index (χ1v) is 6.47. The van der Waals surface area contributed by atoms with Gasteiger partial charge in [0.2, 0.25) is 5.91 Å². The topological polar surface area (TPSA) is 93.5 Å². The van der Waals surface area contributed by atoms with E-state index in [0.29, 0.717) is 0 Å². The van der Waals surface area contributed by atoms with E-state index in [1.54, 1.807) is 13.0 Å². The lowest BCUT2D eigenvalue weighted by molar-refractivity contribution is -0.117. The Hall–Kier alpha value is -2.97. The summed E-state index contributed by atoms with van der Waals surface area (Å²) < 4.78 is 30.1. The third-order valence-electron chi connectivity index (χ3n) is 2.85. The molecule has 23 heavy (non-hydrogen) atoms. The molecular weight excluding hydrogens is 312 g/mol. The van der Waals surface area contributed by atoms with Crippen molar-refractivity contribution >= 4 is 17.6 Å². The van der Waals surface area contributed by atoms with Crippen molar-refractivity contribution < 1.29 is 28.2 Å². The summed E-state index contributed by atoms with van der Waals surface area (Å²) in [7, 11) is 0. The lowest BCUT2D eigenvalue weighted by Gasteiger charge is -2.13. The van der Waals surface area contributed by atoms with Gasteiger partial charge in [-0.1, -0.05) is 6.07 Å². The number of hydrogen-bond donors (Lipinski definition) is 2. The van der Waals surface area contributed by atoms with Crippen molar-refractivity contribution in [1.82, 2.24) is 9.78 Å². The Kier molecular flexibility index (Phi) is 4.89. The molecule has 0 radical (unpaired) electrons. The zero-order chi connectivity index (χ0) is 17.0. The number of anilines is 1. The molecule has 1 aromatic heterocycles. The van der Waals surface area contributed by atoms with Gasteiger partial charge in [0.1, 0.15) is 18.0 Å². The monoisotopic (exact) mass is 325 g/mol. The highest BCUT2D eigenvalue weighted by molar-refractivity contribution is 5.93. The van der Waals surface area contributed by atoms with Crippen molar-refractivity contribution in [3.05, 3.63) is 41.7 Å². The number of aryl methyl sites for hydroxylation is 1. The lowest BCUT2D eigenvalue weighted by Crippen LogP contribution is -2.22. The number of carbonyl (C=O) groups excluding carboxylic acids is 1. The molecule has 0 saturated carbocycles. The van der Waals surface area contributed by atoms with E-state index in [2.05, 4.69) is 15.2 Å². The molecule has 1 aromatic carbocycles. The molecule has 0 unspecified atom stereocenters. The van der Waals surface area contributed by atoms with E-state index in [1.807, 2.05) is 0 Å². The second kappa shape index (κ2) is 6.86. The van der Waals surface area contributed by atoms with Crippen LogP contribution in [0, 0.1) is 6.92 Å². The molecule has 0 spiro atoms. The summed E-state index contributed by atoms with van der Waals surface area (Å²) in [6, 6.07) is 5.58. The SMILES string of the molecule is Cc1ccc(OC(F)F)c(NC(=O)Cn2nccc2C(=O)O)c1. The van der Waals surface area contributed by atoms with Gasteiger partial charge in [-0.25, -0.2) is 9.48 Å². The zero-order valence-corrected chi connectivity index (χ0v) is 12.0. The smallest absolute Gasteiger partial charge is 0.387 e. The fourth-order valence-electron chi connectivity index (χ4n) is 1.91. The Labute approximate surface area is 129 Å². The minimum absolute atomic E-state index is 0.0688. The second-order valence-corrected chi connectivity index (χ2v) is 4.61. The lowest BCUT2D eigenvalue weighted by atomic mass is 10.2. The number of carbonyl (C=O) groups is 2. The summed E-state index contributed by atoms with van der Waals surface area (Å²) in [6.45, 7) is -1.69. The quantitative estimate of drug-likeness (QED) is 0.848. The van der Waals surface area contributed by atoms with Crippen LogP contribution in [0.25, 0.3) is 0 Å². The maximum atomic E-state index is 12.4. The van der Waals surface area contributed by atoms with Gasteiger partial charge in [0.25, 0.3) is 0 Å². The Morgan fingerprint density at radius 2 is 2.13 bits per heavy atom. The molecule has 0 aliphatic rings. The van der Waals surface area contributed by atoms with Crippen LogP contribution in [0.5, 0.6) is 5.75 Å². The number of halogens is 2. The highest BCUT2D eigenvalue weighted by Crippen LogP contribution is 2.27. The van der Waals surface area contributed by atoms with Gasteiger partial charge in [0, 0.05) is 6.20 Å². The molecule has 0 aliphatic carbocycles. The number of amides is 1. The molecule has 0 saturated heterocycles. The molecule has 0 fully saturated rings. The predicted molar refractivity (Wildman–Crippen MR) is 75.6 cm³/mol. The van der Waals surface area contributed by atoms with Gasteiger partial charge in [0.15, 0.2) is 0 Å². The zero-order valence-electron chi connectivity index (χ0n) is 12.0. The largest absolute Gasteiger partial charge is 0.477 e. The third-order valence-corrected chi connectivity index (χ3v) is 2.85. The number of benzene rings is 1. The Morgan fingerprint density at radius 1 is 1.39 bits per heavy atom. The minimum Gasteiger partial charge on any atom is -0.477 e. The van der Waals surface area contributed by atoms with Crippen molar-refractivity contribution in [3.63, 3.8) is 0 Å². The van der Waals surface area contributed by atoms with Gasteiger partial charge in [-0.3, -0.25) is 4.79 Å². The number of aromatic carboxylic acids is 1. The Morgan fingerprint density at radius 3 is 2.78 bits per heavy atom. The van der Waals surface area contributed by atoms with Crippen molar-refractivity contribution in [3.8, 4) is 5.75 Å². The van der Waals surface area contributed by atoms with Crippen LogP contribution in [0.4, 0.5) is 14.5 Å². The van der Waals surface area contributed by atoms with Crippen molar-refractivity contribution in [1.29, 1.82) is 0 Å². The molecule has 0 atom stereocenters. The highest BCUT2D eigenvalue weighted by Gasteiger charge is 2.16. The van der Waals surface area contributed by atoms with E-state index in [1.165, 1.54) is 24.4 Å². The number of nitrogens with one attached hydrogen (secondary N) is 1. The van der Waals surface area contributed by atoms with E-state index in [9.17, 15) is 18.4 Å². The van der Waals surface area contributed by atoms with Crippen LogP contribution < -0.4 is 10.1 Å². The standard InChI is InChI=1S/C14H13F2N3O4/c1-8-2-3-11(23-14(15)16)9(6-8)18-12(20)7-19-10(13(21)22)4-5-17-19/h2-6,14H,7H2,1H3,(H,18,20)(H,21,22). The average Bonchev–Trinajstić information content (AvgIpc) is 2.89. The van der Waals surface area contributed by atoms with Gasteiger partial charge in [-0.05, 0) is 30.7 Å². The van der Waals surface area contributed by atoms with Crippen LogP contribution in [0.2, 0.25) is 0 Å². The van der Waals surface area contributed by atoms with Gasteiger partial charge < -0.3 is 15.2 Å². The summed E-state index contributed by atoms with van der Waals surface area (Å²) in [4.78, 5) is 22.9. The van der Waals surface area contributed by atoms with Crippen LogP contribution in [0.1, 0.15) is 16.1 Å². The molecule has 0 bridgehead atoms. The summed E-state index contributed by atoms with van der Waals surface area (Å²) in [5.74, 6) is -2.04. The molecule has 2 rings (SSSR count). The van der Waals surface area contributed by atoms with Gasteiger partial charge in [-0.2, -0.15) is 13.9 Å². The Bertz CT molecular complexity index is 731. The second-order valence-electron chi connectivity index (χ2n) is 4.61. The summed E-state index contributed by atoms with van der Waals surface area (Å²) in [5, 5.41) is 15.1. The fraction of sp³-hybridized carbons (Fsp3) is 0.214. The van der Waals surface area contributed by atoms with Gasteiger partial charge in [0.05, 0.1) is 5.69 Å². The number of nitrogens with zero attached hydrogens (tertiary/aromatic N) is 2. The van der Waals surface area contributed by atoms with Crippen molar-refractivity contribution in [2.24, 2.45) is 0 Å². The molecule has 1 amide bonds. The Balaban J connectivity index is 2.15. The first-order valence-electron chi connectivity index (χ1n) is 6.47. The predicted octanol–water partition coefficient (Wildman–Crippen LogP) is 2.13. The molecular formula is C14H13F2N3O4. The highest BCUT2D eigenvalue weighted by atomic mass is 19.3. The average molecular weight is 325 g/mol. The summed E-state index contributed by atoms with van der Waals surface area (Å²) >= 11 is 0. The van der Waals surface area contributed by atoms with Crippen LogP contribution in [0.3, 0.4) is 0 Å². The van der Waals surface area contributed by atoms with E-state index in [0.717, 1.165) is 10.2 Å². The number of hydrogen-bond acceptors (Lipinski definition) is 4. The van der Waals surface area contributed by atoms with Crippen LogP contribution in [-0.4, -0.2) is 33.4 Å². The number of ether oxygens (including phenoxy) is 1. The van der Waals surface area contributed by atoms with E-state index < -0.39 is 18.5 Å². The summed E-state index contributed by atoms with van der Waals surface area (Å²) in [5.41, 5.74) is 0.639. The van der Waals surface area contributed by atoms with Crippen LogP contribution in [-0.2, 0) is 11.3 Å². The normalized spacial score (nSPS) is 10.6. The van der Waals surface area contributed by atoms with E-state index in [-0.39, 0.29) is 23.7 Å². The van der Waals surface area contributed by atoms with E-state index >= 15 is 0 Å². The first-order chi connectivity index (χ1) is 10.9. The number of rotatable bonds is 6. The molecule has 2 aromatic rings. The molecule has 122 valence electrons. The first kappa shape index (κ1) is 16.4. The van der Waals surface area contributed by atoms with Gasteiger partial charge >= 0.3 is 12.6 Å². The number of aromatic nitrogens is 2. The van der Waals surface area contributed by atoms with E-state index in [4.69, 9.17) is 5.11 Å². The summed E-state index contributed by atoms with van der Waals surface area (Å²) in [6.07, 6.45) is 1.24. The van der Waals surface area contributed by atoms with Gasteiger partial charge in [-0.15, -0.1) is 0 Å². The molecule has 9 heteroatoms. The third kappa shape index (κ3) is 4.25. The molecule has 1 heterocycles. The molecule has 2 N–H and O–H groups in total. The minimum atomic E-state index is -3.03. The van der Waals surface area contributed by atoms with Crippen LogP contribution >= 0.6 is 0 Å². The number of carboxylic acids is 1. The molecule has 7 nitrogen and oxygen atoms in total. The maximum absolute atomic E-state index is 12.4. The van der Waals surface area contributed by atoms with Crippen LogP contribution in [0.15, 0.2) is 30.5 Å². The molecule has 0 aliphatic heterocycles. The fourth-order valence-corrected chi connectivity index (χ4v) is 1.91. The number of carboxylic acid groups (broad SMARTS) is 1. The maximum Gasteiger partial charge on any atom is 0.387 e. The number of alkyl halides is 2. The van der Waals surface area contributed by atoms with Crippen molar-refractivity contribution in [2.45, 2.75) is 20.1 Å². The van der Waals surface area contributed by atoms with Crippen molar-refractivity contribution in [2.75, 3.05) is 5.32 Å².